The molecule has 2 rings (SSSR count). The standard InChI is InChI=1S/C16H20N2O/c1-12(17)13-4-6-14(7-5-13)18(2)15-8-10-16(19-3)11-9-15/h4-12H,17H2,1-3H3. The van der Waals surface area contributed by atoms with E-state index in [2.05, 4.69) is 29.2 Å². The lowest BCUT2D eigenvalue weighted by Crippen LogP contribution is -2.10. The first-order valence-electron chi connectivity index (χ1n) is 6.35. The van der Waals surface area contributed by atoms with Crippen LogP contribution in [0, 0.1) is 0 Å². The molecule has 3 nitrogen and oxygen atoms in total. The molecular formula is C16H20N2O. The summed E-state index contributed by atoms with van der Waals surface area (Å²) < 4.78 is 5.16. The summed E-state index contributed by atoms with van der Waals surface area (Å²) in [5, 5.41) is 0. The maximum atomic E-state index is 5.86. The molecule has 0 saturated carbocycles. The van der Waals surface area contributed by atoms with Crippen molar-refractivity contribution >= 4 is 11.4 Å². The molecule has 0 aliphatic heterocycles. The second kappa shape index (κ2) is 5.76. The van der Waals surface area contributed by atoms with Gasteiger partial charge in [-0.25, -0.2) is 0 Å². The number of nitrogens with zero attached hydrogens (tertiary/aromatic N) is 1. The number of anilines is 2. The number of hydrogen-bond acceptors (Lipinski definition) is 3. The number of methoxy groups -OCH3 is 1. The van der Waals surface area contributed by atoms with Gasteiger partial charge in [0.05, 0.1) is 7.11 Å². The van der Waals surface area contributed by atoms with Gasteiger partial charge in [-0.2, -0.15) is 0 Å². The fourth-order valence-corrected chi connectivity index (χ4v) is 1.96. The van der Waals surface area contributed by atoms with E-state index in [-0.39, 0.29) is 6.04 Å². The summed E-state index contributed by atoms with van der Waals surface area (Å²) in [6.45, 7) is 1.99. The molecule has 0 radical (unpaired) electrons. The minimum atomic E-state index is 0.0698. The number of ether oxygens (including phenoxy) is 1. The van der Waals surface area contributed by atoms with Gasteiger partial charge < -0.3 is 15.4 Å². The van der Waals surface area contributed by atoms with E-state index in [1.807, 2.05) is 38.2 Å². The number of nitrogens with two attached hydrogens (primary N) is 1. The largest absolute Gasteiger partial charge is 0.497 e. The molecule has 2 N–H and O–H groups in total. The molecule has 0 bridgehead atoms. The van der Waals surface area contributed by atoms with Crippen molar-refractivity contribution < 1.29 is 4.74 Å². The van der Waals surface area contributed by atoms with E-state index in [9.17, 15) is 0 Å². The summed E-state index contributed by atoms with van der Waals surface area (Å²) in [7, 11) is 3.72. The first-order valence-corrected chi connectivity index (χ1v) is 6.35. The van der Waals surface area contributed by atoms with E-state index in [1.54, 1.807) is 7.11 Å². The van der Waals surface area contributed by atoms with E-state index in [4.69, 9.17) is 10.5 Å². The van der Waals surface area contributed by atoms with Crippen molar-refractivity contribution in [2.75, 3.05) is 19.1 Å². The Morgan fingerprint density at radius 2 is 1.42 bits per heavy atom. The summed E-state index contributed by atoms with van der Waals surface area (Å²) >= 11 is 0. The maximum Gasteiger partial charge on any atom is 0.119 e. The van der Waals surface area contributed by atoms with Crippen LogP contribution in [0.3, 0.4) is 0 Å². The van der Waals surface area contributed by atoms with E-state index in [1.165, 1.54) is 0 Å². The van der Waals surface area contributed by atoms with Gasteiger partial charge in [0.25, 0.3) is 0 Å². The summed E-state index contributed by atoms with van der Waals surface area (Å²) in [5.41, 5.74) is 9.25. The zero-order chi connectivity index (χ0) is 13.8. The Bertz CT molecular complexity index is 517. The Balaban J connectivity index is 2.20. The molecule has 2 aromatic rings. The third kappa shape index (κ3) is 3.06. The molecular weight excluding hydrogens is 236 g/mol. The Kier molecular flexibility index (Phi) is 4.07. The molecule has 1 atom stereocenters. The third-order valence-electron chi connectivity index (χ3n) is 3.27. The van der Waals surface area contributed by atoms with Gasteiger partial charge in [-0.3, -0.25) is 0 Å². The van der Waals surface area contributed by atoms with Gasteiger partial charge in [0.2, 0.25) is 0 Å². The molecule has 0 aromatic heterocycles. The smallest absolute Gasteiger partial charge is 0.119 e. The summed E-state index contributed by atoms with van der Waals surface area (Å²) in [5.74, 6) is 0.865. The van der Waals surface area contributed by atoms with Crippen LogP contribution >= 0.6 is 0 Å². The molecule has 100 valence electrons. The lowest BCUT2D eigenvalue weighted by Gasteiger charge is -2.20. The van der Waals surface area contributed by atoms with Crippen LogP contribution in [0.2, 0.25) is 0 Å². The number of hydrogen-bond donors (Lipinski definition) is 1. The highest BCUT2D eigenvalue weighted by atomic mass is 16.5. The van der Waals surface area contributed by atoms with Crippen LogP contribution in [0.4, 0.5) is 11.4 Å². The van der Waals surface area contributed by atoms with E-state index in [0.29, 0.717) is 0 Å². The second-order valence-corrected chi connectivity index (χ2v) is 4.64. The molecule has 0 spiro atoms. The van der Waals surface area contributed by atoms with Gasteiger partial charge in [-0.15, -0.1) is 0 Å². The Labute approximate surface area is 114 Å². The minimum Gasteiger partial charge on any atom is -0.497 e. The van der Waals surface area contributed by atoms with E-state index < -0.39 is 0 Å². The third-order valence-corrected chi connectivity index (χ3v) is 3.27. The van der Waals surface area contributed by atoms with Crippen LogP contribution < -0.4 is 15.4 Å². The van der Waals surface area contributed by atoms with Crippen molar-refractivity contribution in [1.82, 2.24) is 0 Å². The average molecular weight is 256 g/mol. The summed E-state index contributed by atoms with van der Waals surface area (Å²) in [6, 6.07) is 16.4. The van der Waals surface area contributed by atoms with Gasteiger partial charge in [-0.05, 0) is 48.9 Å². The lowest BCUT2D eigenvalue weighted by atomic mass is 10.1. The normalized spacial score (nSPS) is 12.0. The number of rotatable bonds is 4. The average Bonchev–Trinajstić information content (AvgIpc) is 2.46. The molecule has 2 aromatic carbocycles. The first-order chi connectivity index (χ1) is 9.11. The highest BCUT2D eigenvalue weighted by molar-refractivity contribution is 5.63. The fraction of sp³-hybridized carbons (Fsp3) is 0.250. The van der Waals surface area contributed by atoms with Crippen LogP contribution in [0.5, 0.6) is 5.75 Å². The quantitative estimate of drug-likeness (QED) is 0.910. The van der Waals surface area contributed by atoms with Crippen LogP contribution in [-0.4, -0.2) is 14.2 Å². The Hall–Kier alpha value is -2.00. The molecule has 0 aliphatic carbocycles. The monoisotopic (exact) mass is 256 g/mol. The molecule has 0 fully saturated rings. The first kappa shape index (κ1) is 13.4. The molecule has 0 saturated heterocycles. The topological polar surface area (TPSA) is 38.5 Å². The fourth-order valence-electron chi connectivity index (χ4n) is 1.96. The zero-order valence-electron chi connectivity index (χ0n) is 11.6. The SMILES string of the molecule is COc1ccc(N(C)c2ccc(C(C)N)cc2)cc1. The zero-order valence-corrected chi connectivity index (χ0v) is 11.6. The Morgan fingerprint density at radius 3 is 1.84 bits per heavy atom. The highest BCUT2D eigenvalue weighted by Gasteiger charge is 2.05. The predicted octanol–water partition coefficient (Wildman–Crippen LogP) is 3.48. The predicted molar refractivity (Wildman–Crippen MR) is 80.1 cm³/mol. The van der Waals surface area contributed by atoms with Crippen LogP contribution in [0.1, 0.15) is 18.5 Å². The molecule has 0 aliphatic rings. The van der Waals surface area contributed by atoms with Crippen molar-refractivity contribution in [3.63, 3.8) is 0 Å². The molecule has 0 heterocycles. The number of benzene rings is 2. The van der Waals surface area contributed by atoms with Crippen LogP contribution in [-0.2, 0) is 0 Å². The minimum absolute atomic E-state index is 0.0698. The summed E-state index contributed by atoms with van der Waals surface area (Å²) in [4.78, 5) is 2.13. The van der Waals surface area contributed by atoms with E-state index in [0.717, 1.165) is 22.7 Å². The van der Waals surface area contributed by atoms with Crippen molar-refractivity contribution in [1.29, 1.82) is 0 Å². The van der Waals surface area contributed by atoms with Crippen molar-refractivity contribution in [2.45, 2.75) is 13.0 Å². The van der Waals surface area contributed by atoms with Gasteiger partial charge in [0, 0.05) is 24.5 Å². The Morgan fingerprint density at radius 1 is 0.947 bits per heavy atom. The van der Waals surface area contributed by atoms with Crippen molar-refractivity contribution in [2.24, 2.45) is 5.73 Å². The van der Waals surface area contributed by atoms with Gasteiger partial charge in [0.15, 0.2) is 0 Å². The lowest BCUT2D eigenvalue weighted by molar-refractivity contribution is 0.415. The second-order valence-electron chi connectivity index (χ2n) is 4.64. The molecule has 19 heavy (non-hydrogen) atoms. The van der Waals surface area contributed by atoms with Crippen LogP contribution in [0.25, 0.3) is 0 Å². The summed E-state index contributed by atoms with van der Waals surface area (Å²) in [6.07, 6.45) is 0. The molecule has 3 heteroatoms. The molecule has 1 unspecified atom stereocenters. The van der Waals surface area contributed by atoms with Gasteiger partial charge in [0.1, 0.15) is 5.75 Å². The van der Waals surface area contributed by atoms with Crippen LogP contribution in [0.15, 0.2) is 48.5 Å². The maximum absolute atomic E-state index is 5.86. The van der Waals surface area contributed by atoms with E-state index >= 15 is 0 Å². The molecule has 0 amide bonds. The van der Waals surface area contributed by atoms with Crippen molar-refractivity contribution in [3.8, 4) is 5.75 Å². The van der Waals surface area contributed by atoms with Gasteiger partial charge in [-0.1, -0.05) is 12.1 Å². The van der Waals surface area contributed by atoms with Crippen molar-refractivity contribution in [3.05, 3.63) is 54.1 Å². The van der Waals surface area contributed by atoms with Gasteiger partial charge >= 0.3 is 0 Å². The highest BCUT2D eigenvalue weighted by Crippen LogP contribution is 2.26.